The molecule has 4 heterocycles. The zero-order chi connectivity index (χ0) is 28.1. The summed E-state index contributed by atoms with van der Waals surface area (Å²) in [4.78, 5) is 35.4. The first-order valence-corrected chi connectivity index (χ1v) is 13.9. The summed E-state index contributed by atoms with van der Waals surface area (Å²) >= 11 is 0. The fourth-order valence-corrected chi connectivity index (χ4v) is 5.27. The van der Waals surface area contributed by atoms with E-state index in [1.165, 1.54) is 12.1 Å². The van der Waals surface area contributed by atoms with Crippen LogP contribution in [0.2, 0.25) is 0 Å². The lowest BCUT2D eigenvalue weighted by Crippen LogP contribution is -2.37. The first-order valence-electron chi connectivity index (χ1n) is 13.9. The van der Waals surface area contributed by atoms with E-state index in [0.717, 1.165) is 31.4 Å². The van der Waals surface area contributed by atoms with Crippen LogP contribution in [0.4, 0.5) is 19.4 Å². The van der Waals surface area contributed by atoms with Gasteiger partial charge in [0.2, 0.25) is 5.91 Å². The molecule has 0 aliphatic carbocycles. The Kier molecular flexibility index (Phi) is 8.57. The van der Waals surface area contributed by atoms with Gasteiger partial charge in [-0.1, -0.05) is 13.3 Å². The number of carbonyl (C=O) groups excluding carboxylic acids is 2. The van der Waals surface area contributed by atoms with Crippen molar-refractivity contribution in [1.82, 2.24) is 24.4 Å². The third kappa shape index (κ3) is 6.08. The van der Waals surface area contributed by atoms with Gasteiger partial charge in [0, 0.05) is 56.1 Å². The van der Waals surface area contributed by atoms with Crippen LogP contribution in [0.25, 0.3) is 11.7 Å². The average molecular weight is 553 g/mol. The number of carbonyl (C=O) groups is 2. The number of benzene rings is 1. The Morgan fingerprint density at radius 3 is 2.75 bits per heavy atom. The Morgan fingerprint density at radius 1 is 1.07 bits per heavy atom. The molecule has 2 saturated heterocycles. The minimum atomic E-state index is -0.469. The fraction of sp³-hybridized carbons (Fsp3) is 0.448. The molecule has 1 atom stereocenters. The van der Waals surface area contributed by atoms with E-state index in [-0.39, 0.29) is 18.0 Å². The highest BCUT2D eigenvalue weighted by atomic mass is 19.1. The molecule has 1 unspecified atom stereocenters. The van der Waals surface area contributed by atoms with E-state index in [1.54, 1.807) is 32.8 Å². The summed E-state index contributed by atoms with van der Waals surface area (Å²) in [6.45, 7) is 5.07. The number of aromatic nitrogens is 3. The highest BCUT2D eigenvalue weighted by molar-refractivity contribution is 5.92. The van der Waals surface area contributed by atoms with Gasteiger partial charge in [0.1, 0.15) is 17.5 Å². The molecular formula is C29H34F2N6O3. The molecule has 0 saturated carbocycles. The molecule has 2 amide bonds. The summed E-state index contributed by atoms with van der Waals surface area (Å²) in [6, 6.07) is 5.03. The average Bonchev–Trinajstić information content (AvgIpc) is 3.52. The quantitative estimate of drug-likeness (QED) is 0.308. The Labute approximate surface area is 232 Å². The van der Waals surface area contributed by atoms with Gasteiger partial charge in [0.25, 0.3) is 0 Å². The van der Waals surface area contributed by atoms with Crippen LogP contribution < -0.4 is 4.90 Å². The summed E-state index contributed by atoms with van der Waals surface area (Å²) in [5.74, 6) is -0.420. The topological polar surface area (TPSA) is 83.3 Å². The summed E-state index contributed by atoms with van der Waals surface area (Å²) in [6.07, 6.45) is 10.3. The second-order valence-electron chi connectivity index (χ2n) is 10.1. The maximum atomic E-state index is 14.6. The molecule has 0 N–H and O–H groups in total. The molecule has 1 aromatic carbocycles. The van der Waals surface area contributed by atoms with Crippen molar-refractivity contribution in [2.75, 3.05) is 44.2 Å². The van der Waals surface area contributed by atoms with Gasteiger partial charge in [0.15, 0.2) is 5.65 Å². The van der Waals surface area contributed by atoms with Crippen molar-refractivity contribution >= 4 is 29.5 Å². The fourth-order valence-electron chi connectivity index (χ4n) is 5.27. The Balaban J connectivity index is 1.27. The van der Waals surface area contributed by atoms with Crippen molar-refractivity contribution in [3.05, 3.63) is 65.5 Å². The molecular weight excluding hydrogens is 518 g/mol. The molecule has 0 bridgehead atoms. The van der Waals surface area contributed by atoms with E-state index in [1.807, 2.05) is 17.9 Å². The number of hydrogen-bond donors (Lipinski definition) is 0. The van der Waals surface area contributed by atoms with E-state index in [0.29, 0.717) is 74.8 Å². The van der Waals surface area contributed by atoms with E-state index in [2.05, 4.69) is 5.10 Å². The van der Waals surface area contributed by atoms with Gasteiger partial charge in [-0.05, 0) is 56.0 Å². The molecule has 9 nitrogen and oxygen atoms in total. The Bertz CT molecular complexity index is 1390. The smallest absolute Gasteiger partial charge is 0.409 e. The second kappa shape index (κ2) is 12.4. The van der Waals surface area contributed by atoms with Crippen LogP contribution in [-0.2, 0) is 9.53 Å². The minimum absolute atomic E-state index is 0.155. The van der Waals surface area contributed by atoms with Gasteiger partial charge < -0.3 is 19.4 Å². The van der Waals surface area contributed by atoms with Crippen LogP contribution >= 0.6 is 0 Å². The first kappa shape index (κ1) is 27.5. The normalized spacial score (nSPS) is 18.1. The number of hydrogen-bond acceptors (Lipinski definition) is 6. The van der Waals surface area contributed by atoms with E-state index < -0.39 is 11.6 Å². The molecule has 40 heavy (non-hydrogen) atoms. The van der Waals surface area contributed by atoms with Crippen molar-refractivity contribution in [3.8, 4) is 0 Å². The molecule has 2 fully saturated rings. The second-order valence-corrected chi connectivity index (χ2v) is 10.1. The molecule has 11 heteroatoms. The van der Waals surface area contributed by atoms with Crippen LogP contribution in [0.15, 0.2) is 42.7 Å². The third-order valence-corrected chi connectivity index (χ3v) is 7.44. The largest absolute Gasteiger partial charge is 0.449 e. The molecule has 0 radical (unpaired) electrons. The van der Waals surface area contributed by atoms with Crippen LogP contribution in [0.5, 0.6) is 0 Å². The predicted octanol–water partition coefficient (Wildman–Crippen LogP) is 4.83. The van der Waals surface area contributed by atoms with Crippen molar-refractivity contribution < 1.29 is 23.1 Å². The lowest BCUT2D eigenvalue weighted by Gasteiger charge is -2.26. The van der Waals surface area contributed by atoms with Crippen molar-refractivity contribution in [3.63, 3.8) is 0 Å². The van der Waals surface area contributed by atoms with Crippen molar-refractivity contribution in [1.29, 1.82) is 0 Å². The van der Waals surface area contributed by atoms with Gasteiger partial charge in [-0.2, -0.15) is 5.10 Å². The van der Waals surface area contributed by atoms with Gasteiger partial charge in [0.05, 0.1) is 18.8 Å². The van der Waals surface area contributed by atoms with Gasteiger partial charge >= 0.3 is 6.09 Å². The number of unbranched alkanes of at least 4 members (excludes halogenated alkanes) is 1. The van der Waals surface area contributed by atoms with Crippen LogP contribution in [0, 0.1) is 11.6 Å². The summed E-state index contributed by atoms with van der Waals surface area (Å²) in [5.41, 5.74) is 1.55. The predicted molar refractivity (Wildman–Crippen MR) is 147 cm³/mol. The van der Waals surface area contributed by atoms with Gasteiger partial charge in [-0.25, -0.2) is 23.1 Å². The first-order chi connectivity index (χ1) is 19.4. The summed E-state index contributed by atoms with van der Waals surface area (Å²) in [7, 11) is 0. The summed E-state index contributed by atoms with van der Waals surface area (Å²) < 4.78 is 35.4. The van der Waals surface area contributed by atoms with E-state index >= 15 is 0 Å². The Morgan fingerprint density at radius 2 is 1.90 bits per heavy atom. The SMILES string of the molecule is CCCCOC(=O)N1CCCN(C(=O)C=Cc2cnn3ccc(N4CCCC4c4cc(F)ccc4F)nc23)CC1. The van der Waals surface area contributed by atoms with Crippen molar-refractivity contribution in [2.24, 2.45) is 0 Å². The third-order valence-electron chi connectivity index (χ3n) is 7.44. The number of rotatable bonds is 7. The zero-order valence-electron chi connectivity index (χ0n) is 22.6. The van der Waals surface area contributed by atoms with Gasteiger partial charge in [-0.3, -0.25) is 4.79 Å². The Hall–Kier alpha value is -4.02. The van der Waals surface area contributed by atoms with Crippen molar-refractivity contribution in [2.45, 2.75) is 45.1 Å². The molecule has 5 rings (SSSR count). The standard InChI is InChI=1S/C29H34F2N6O3/c1-2-3-18-40-29(39)35-13-5-12-34(16-17-35)27(38)10-7-21-20-32-37-15-11-26(33-28(21)37)36-14-4-6-25(36)23-19-22(30)8-9-24(23)31/h7-11,15,19-20,25H,2-6,12-14,16-18H2,1H3. The number of halogens is 2. The van der Waals surface area contributed by atoms with Crippen LogP contribution in [-0.4, -0.2) is 75.7 Å². The lowest BCUT2D eigenvalue weighted by atomic mass is 10.0. The number of fused-ring (bicyclic) bond motifs is 1. The number of anilines is 1. The molecule has 3 aromatic rings. The summed E-state index contributed by atoms with van der Waals surface area (Å²) in [5, 5.41) is 4.35. The molecule has 2 aliphatic rings. The zero-order valence-corrected chi connectivity index (χ0v) is 22.6. The van der Waals surface area contributed by atoms with Crippen LogP contribution in [0.1, 0.15) is 56.2 Å². The highest BCUT2D eigenvalue weighted by Gasteiger charge is 2.30. The van der Waals surface area contributed by atoms with E-state index in [4.69, 9.17) is 9.72 Å². The van der Waals surface area contributed by atoms with Crippen LogP contribution in [0.3, 0.4) is 0 Å². The molecule has 212 valence electrons. The maximum absolute atomic E-state index is 14.6. The number of nitrogens with zero attached hydrogens (tertiary/aromatic N) is 6. The lowest BCUT2D eigenvalue weighted by molar-refractivity contribution is -0.125. The highest BCUT2D eigenvalue weighted by Crippen LogP contribution is 2.37. The number of ether oxygens (including phenoxy) is 1. The van der Waals surface area contributed by atoms with E-state index in [9.17, 15) is 18.4 Å². The van der Waals surface area contributed by atoms with Gasteiger partial charge in [-0.15, -0.1) is 0 Å². The number of amides is 2. The molecule has 2 aromatic heterocycles. The molecule has 2 aliphatic heterocycles. The monoisotopic (exact) mass is 552 g/mol. The minimum Gasteiger partial charge on any atom is -0.449 e. The molecule has 0 spiro atoms. The maximum Gasteiger partial charge on any atom is 0.409 e.